The zero-order valence-corrected chi connectivity index (χ0v) is 29.3. The number of fused-ring (bicyclic) bond motifs is 3. The number of benzene rings is 1. The molecule has 52 heavy (non-hydrogen) atoms. The largest absolute Gasteiger partial charge is 0.503 e. The third-order valence-electron chi connectivity index (χ3n) is 10.1. The van der Waals surface area contributed by atoms with Gasteiger partial charge in [0, 0.05) is 56.9 Å². The van der Waals surface area contributed by atoms with Crippen molar-refractivity contribution in [1.82, 2.24) is 34.0 Å². The normalized spacial score (nSPS) is 18.6. The molecule has 0 saturated carbocycles. The zero-order valence-electron chi connectivity index (χ0n) is 28.6. The second-order valence-electron chi connectivity index (χ2n) is 13.6. The Bertz CT molecular complexity index is 2120. The number of nitrogens with zero attached hydrogens (tertiary/aromatic N) is 9. The number of amides is 2. The third kappa shape index (κ3) is 6.16. The number of nitrogens with one attached hydrogen (secondary N) is 1. The van der Waals surface area contributed by atoms with Crippen LogP contribution in [0.3, 0.4) is 0 Å². The highest BCUT2D eigenvalue weighted by molar-refractivity contribution is 6.33. The van der Waals surface area contributed by atoms with E-state index in [0.29, 0.717) is 62.8 Å². The third-order valence-corrected chi connectivity index (χ3v) is 10.4. The monoisotopic (exact) mass is 744 g/mol. The van der Waals surface area contributed by atoms with Crippen molar-refractivity contribution >= 4 is 46.6 Å². The van der Waals surface area contributed by atoms with Crippen LogP contribution in [0.4, 0.5) is 30.6 Å². The van der Waals surface area contributed by atoms with Crippen molar-refractivity contribution < 1.29 is 32.6 Å². The van der Waals surface area contributed by atoms with Crippen molar-refractivity contribution in [2.45, 2.75) is 50.2 Å². The summed E-state index contributed by atoms with van der Waals surface area (Å²) in [6.45, 7) is 4.06. The number of carbonyl (C=O) groups is 2. The number of ether oxygens (including phenoxy) is 1. The topological polar surface area (TPSA) is 163 Å². The number of aromatic nitrogens is 6. The van der Waals surface area contributed by atoms with E-state index in [1.165, 1.54) is 10.8 Å². The zero-order chi connectivity index (χ0) is 37.1. The fraction of sp³-hybridized carbons (Fsp3) is 0.485. The van der Waals surface area contributed by atoms with E-state index in [4.69, 9.17) is 21.3 Å². The predicted molar refractivity (Wildman–Crippen MR) is 183 cm³/mol. The van der Waals surface area contributed by atoms with Crippen LogP contribution < -0.4 is 20.7 Å². The molecule has 0 bridgehead atoms. The molecule has 15 nitrogen and oxygen atoms in total. The molecule has 1 aromatic carbocycles. The van der Waals surface area contributed by atoms with Crippen molar-refractivity contribution in [1.29, 1.82) is 0 Å². The first-order valence-corrected chi connectivity index (χ1v) is 17.1. The Kier molecular flexibility index (Phi) is 9.01. The number of likely N-dealkylation sites (tertiary alicyclic amines) is 1. The number of aromatic hydroxyl groups is 1. The van der Waals surface area contributed by atoms with Crippen LogP contribution in [0.25, 0.3) is 5.78 Å². The Morgan fingerprint density at radius 3 is 2.50 bits per heavy atom. The van der Waals surface area contributed by atoms with Crippen LogP contribution in [0.2, 0.25) is 5.02 Å². The Hall–Kier alpha value is -4.97. The molecule has 3 aliphatic rings. The first-order chi connectivity index (χ1) is 24.7. The molecule has 2 saturated heterocycles. The minimum Gasteiger partial charge on any atom is -0.503 e. The molecule has 5 heterocycles. The highest BCUT2D eigenvalue weighted by Crippen LogP contribution is 2.50. The lowest BCUT2D eigenvalue weighted by atomic mass is 9.73. The van der Waals surface area contributed by atoms with Crippen LogP contribution in [-0.2, 0) is 27.7 Å². The van der Waals surface area contributed by atoms with Gasteiger partial charge in [0.25, 0.3) is 11.5 Å². The predicted octanol–water partition coefficient (Wildman–Crippen LogP) is 3.28. The van der Waals surface area contributed by atoms with Gasteiger partial charge >= 0.3 is 6.18 Å². The van der Waals surface area contributed by atoms with Gasteiger partial charge in [-0.05, 0) is 43.4 Å². The standard InChI is InChI=1S/C33H36ClF3N10O5/c1-18-15-32(6-8-44(9-7-32)29(51)24-26(49)27(43(2)3)39-17-38-24)23-25(18)46(16-22(48)40-21-5-4-19(14-20(21)34)33(35,36)37)31-41-30(42-47(31)28(23)50)45-10-12-52-13-11-45/h4-5,14,17-18,49H,6-13,15-16H2,1-3H3,(H,40,48). The molecule has 2 fully saturated rings. The summed E-state index contributed by atoms with van der Waals surface area (Å²) in [5.74, 6) is -0.929. The van der Waals surface area contributed by atoms with Gasteiger partial charge in [-0.25, -0.2) is 9.97 Å². The smallest absolute Gasteiger partial charge is 0.416 e. The van der Waals surface area contributed by atoms with Crippen LogP contribution in [-0.4, -0.2) is 104 Å². The molecule has 19 heteroatoms. The molecule has 7 rings (SSSR count). The summed E-state index contributed by atoms with van der Waals surface area (Å²) in [5, 5.41) is 17.7. The van der Waals surface area contributed by atoms with Crippen LogP contribution in [0.5, 0.6) is 5.75 Å². The van der Waals surface area contributed by atoms with Crippen molar-refractivity contribution in [3.63, 3.8) is 0 Å². The number of hydrogen-bond donors (Lipinski definition) is 2. The van der Waals surface area contributed by atoms with E-state index in [1.54, 1.807) is 28.5 Å². The minimum atomic E-state index is -4.61. The summed E-state index contributed by atoms with van der Waals surface area (Å²) in [4.78, 5) is 59.5. The number of rotatable bonds is 6. The summed E-state index contributed by atoms with van der Waals surface area (Å²) in [7, 11) is 3.38. The minimum absolute atomic E-state index is 0.00201. The van der Waals surface area contributed by atoms with E-state index in [9.17, 15) is 32.7 Å². The number of morpholine rings is 1. The Balaban J connectivity index is 1.24. The molecular formula is C33H36ClF3N10O5. The lowest BCUT2D eigenvalue weighted by Crippen LogP contribution is -2.47. The van der Waals surface area contributed by atoms with Gasteiger partial charge in [-0.2, -0.15) is 22.7 Å². The van der Waals surface area contributed by atoms with Gasteiger partial charge in [0.2, 0.25) is 17.6 Å². The van der Waals surface area contributed by atoms with E-state index in [2.05, 4.69) is 20.4 Å². The maximum atomic E-state index is 14.5. The second-order valence-corrected chi connectivity index (χ2v) is 14.0. The first kappa shape index (κ1) is 35.4. The van der Waals surface area contributed by atoms with Gasteiger partial charge in [0.15, 0.2) is 17.3 Å². The lowest BCUT2D eigenvalue weighted by molar-refractivity contribution is -0.137. The van der Waals surface area contributed by atoms with Crippen molar-refractivity contribution in [3.8, 4) is 5.75 Å². The average molecular weight is 745 g/mol. The van der Waals surface area contributed by atoms with Crippen molar-refractivity contribution in [3.05, 3.63) is 62.4 Å². The van der Waals surface area contributed by atoms with E-state index in [0.717, 1.165) is 18.2 Å². The van der Waals surface area contributed by atoms with Gasteiger partial charge in [0.05, 0.1) is 29.5 Å². The van der Waals surface area contributed by atoms with E-state index >= 15 is 0 Å². The van der Waals surface area contributed by atoms with Gasteiger partial charge in [-0.1, -0.05) is 18.5 Å². The number of halogens is 4. The average Bonchev–Trinajstić information content (AvgIpc) is 3.67. The molecular weight excluding hydrogens is 709 g/mol. The molecule has 1 aliphatic carbocycles. The van der Waals surface area contributed by atoms with Crippen molar-refractivity contribution in [2.24, 2.45) is 0 Å². The van der Waals surface area contributed by atoms with Crippen LogP contribution in [0.1, 0.15) is 59.4 Å². The van der Waals surface area contributed by atoms with Crippen LogP contribution >= 0.6 is 11.6 Å². The molecule has 2 amide bonds. The van der Waals surface area contributed by atoms with E-state index in [-0.39, 0.29) is 64.9 Å². The SMILES string of the molecule is CC1CC2(CCN(C(=O)c3ncnc(N(C)C)c3O)CC2)c2c1n(CC(=O)Nc1ccc(C(F)(F)F)cc1Cl)c1nc(N3CCOCC3)nn1c2=O. The Labute approximate surface area is 300 Å². The molecule has 2 N–H and O–H groups in total. The van der Waals surface area contributed by atoms with E-state index in [1.807, 2.05) is 11.8 Å². The molecule has 3 aromatic heterocycles. The molecule has 1 atom stereocenters. The van der Waals surface area contributed by atoms with Gasteiger partial charge < -0.3 is 34.4 Å². The van der Waals surface area contributed by atoms with Gasteiger partial charge in [-0.3, -0.25) is 14.4 Å². The quantitative estimate of drug-likeness (QED) is 0.298. The van der Waals surface area contributed by atoms with Crippen LogP contribution in [0.15, 0.2) is 29.3 Å². The second kappa shape index (κ2) is 13.2. The number of piperidine rings is 1. The number of alkyl halides is 3. The lowest BCUT2D eigenvalue weighted by Gasteiger charge is -2.39. The molecule has 4 aromatic rings. The molecule has 1 unspecified atom stereocenters. The molecule has 276 valence electrons. The van der Waals surface area contributed by atoms with Gasteiger partial charge in [-0.15, -0.1) is 5.10 Å². The number of anilines is 3. The molecule has 0 radical (unpaired) electrons. The highest BCUT2D eigenvalue weighted by Gasteiger charge is 2.49. The maximum Gasteiger partial charge on any atom is 0.416 e. The van der Waals surface area contributed by atoms with Crippen LogP contribution in [0, 0.1) is 0 Å². The summed E-state index contributed by atoms with van der Waals surface area (Å²) in [5.41, 5.74) is -1.01. The number of hydrogen-bond acceptors (Lipinski definition) is 11. The fourth-order valence-corrected chi connectivity index (χ4v) is 7.86. The van der Waals surface area contributed by atoms with E-state index < -0.39 is 29.0 Å². The summed E-state index contributed by atoms with van der Waals surface area (Å²) >= 11 is 6.15. The summed E-state index contributed by atoms with van der Waals surface area (Å²) < 4.78 is 48.1. The number of carbonyl (C=O) groups excluding carboxylic acids is 2. The fourth-order valence-electron chi connectivity index (χ4n) is 7.63. The molecule has 2 aliphatic heterocycles. The summed E-state index contributed by atoms with van der Waals surface area (Å²) in [6, 6.07) is 2.67. The Morgan fingerprint density at radius 2 is 1.85 bits per heavy atom. The maximum absolute atomic E-state index is 14.5. The Morgan fingerprint density at radius 1 is 1.13 bits per heavy atom. The molecule has 1 spiro atoms. The van der Waals surface area contributed by atoms with Gasteiger partial charge in [0.1, 0.15) is 12.9 Å². The van der Waals surface area contributed by atoms with Crippen molar-refractivity contribution in [2.75, 3.05) is 68.6 Å². The highest BCUT2D eigenvalue weighted by atomic mass is 35.5. The first-order valence-electron chi connectivity index (χ1n) is 16.7. The summed E-state index contributed by atoms with van der Waals surface area (Å²) in [6.07, 6.45) is -1.99.